The average molecular weight is 464 g/mol. The number of anilines is 1. The van der Waals surface area contributed by atoms with Crippen LogP contribution in [0.2, 0.25) is 0 Å². The number of hydrogen-bond acceptors (Lipinski definition) is 7. The van der Waals surface area contributed by atoms with Gasteiger partial charge in [0.25, 0.3) is 5.91 Å². The molecule has 5 rings (SSSR count). The van der Waals surface area contributed by atoms with Crippen LogP contribution in [-0.4, -0.2) is 54.1 Å². The molecule has 0 bridgehead atoms. The van der Waals surface area contributed by atoms with Gasteiger partial charge in [0.1, 0.15) is 17.3 Å². The van der Waals surface area contributed by atoms with Crippen LogP contribution < -0.4 is 4.90 Å². The van der Waals surface area contributed by atoms with Crippen molar-refractivity contribution in [2.75, 3.05) is 38.1 Å². The number of piperazine rings is 1. The summed E-state index contributed by atoms with van der Waals surface area (Å²) in [5, 5.41) is 4.34. The van der Waals surface area contributed by atoms with Gasteiger partial charge < -0.3 is 28.1 Å². The van der Waals surface area contributed by atoms with Gasteiger partial charge in [-0.15, -0.1) is 0 Å². The van der Waals surface area contributed by atoms with Crippen LogP contribution in [0.3, 0.4) is 0 Å². The zero-order valence-electron chi connectivity index (χ0n) is 18.8. The summed E-state index contributed by atoms with van der Waals surface area (Å²) < 4.78 is 30.3. The summed E-state index contributed by atoms with van der Waals surface area (Å²) in [4.78, 5) is 19.4. The number of nitrogens with zero attached hydrogens (tertiary/aromatic N) is 4. The number of carbonyl (C=O) groups is 1. The maximum Gasteiger partial charge on any atom is 0.290 e. The van der Waals surface area contributed by atoms with Crippen LogP contribution in [0, 0.1) is 5.82 Å². The van der Waals surface area contributed by atoms with E-state index in [4.69, 9.17) is 13.4 Å². The average Bonchev–Trinajstić information content (AvgIpc) is 3.62. The molecule has 1 aliphatic rings. The lowest BCUT2D eigenvalue weighted by molar-refractivity contribution is 0.0685. The van der Waals surface area contributed by atoms with E-state index in [1.54, 1.807) is 41.5 Å². The summed E-state index contributed by atoms with van der Waals surface area (Å²) in [6, 6.07) is 13.0. The van der Waals surface area contributed by atoms with Gasteiger partial charge in [0, 0.05) is 31.7 Å². The van der Waals surface area contributed by atoms with Crippen molar-refractivity contribution in [2.24, 2.45) is 0 Å². The molecular weight excluding hydrogens is 439 g/mol. The van der Waals surface area contributed by atoms with Crippen LogP contribution in [0.5, 0.6) is 0 Å². The van der Waals surface area contributed by atoms with Gasteiger partial charge >= 0.3 is 0 Å². The Morgan fingerprint density at radius 2 is 1.74 bits per heavy atom. The molecule has 0 N–H and O–H groups in total. The molecular formula is C25H25FN4O4. The second kappa shape index (κ2) is 9.56. The maximum atomic E-state index is 13.6. The normalized spacial score (nSPS) is 14.5. The van der Waals surface area contributed by atoms with Gasteiger partial charge in [0.15, 0.2) is 5.76 Å². The van der Waals surface area contributed by atoms with Crippen LogP contribution in [0.4, 0.5) is 10.3 Å². The minimum absolute atomic E-state index is 0.206. The first-order valence-electron chi connectivity index (χ1n) is 11.1. The Morgan fingerprint density at radius 1 is 1.00 bits per heavy atom. The van der Waals surface area contributed by atoms with E-state index >= 15 is 0 Å². The molecule has 0 spiro atoms. The number of aromatic nitrogens is 1. The minimum atomic E-state index is -0.333. The zero-order valence-corrected chi connectivity index (χ0v) is 18.8. The molecule has 1 aliphatic heterocycles. The molecule has 0 saturated carbocycles. The van der Waals surface area contributed by atoms with Gasteiger partial charge in [0.05, 0.1) is 31.2 Å². The third-order valence-corrected chi connectivity index (χ3v) is 5.97. The number of halogens is 1. The van der Waals surface area contributed by atoms with Crippen molar-refractivity contribution in [1.82, 2.24) is 15.0 Å². The van der Waals surface area contributed by atoms with Crippen LogP contribution in [0.15, 0.2) is 74.4 Å². The summed E-state index contributed by atoms with van der Waals surface area (Å²) in [5.41, 5.74) is 2.04. The maximum absolute atomic E-state index is 13.6. The Kier molecular flexibility index (Phi) is 6.18. The number of amides is 1. The number of rotatable bonds is 7. The largest absolute Gasteiger partial charge is 0.467 e. The standard InChI is InChI=1S/C25H25FN4O4/c1-28-10-12-29(13-11-28)25-21(23(27-34-25)18-6-8-19(26)9-7-18)17-30(16-20-4-2-14-32-20)24(31)22-5-3-15-33-22/h2-9,14-15H,10-13,16-17H2,1H3. The van der Waals surface area contributed by atoms with E-state index in [1.807, 2.05) is 6.07 Å². The van der Waals surface area contributed by atoms with E-state index in [9.17, 15) is 9.18 Å². The van der Waals surface area contributed by atoms with Crippen LogP contribution >= 0.6 is 0 Å². The Labute approximate surface area is 196 Å². The lowest BCUT2D eigenvalue weighted by Crippen LogP contribution is -2.44. The molecule has 34 heavy (non-hydrogen) atoms. The van der Waals surface area contributed by atoms with Crippen molar-refractivity contribution in [2.45, 2.75) is 13.1 Å². The second-order valence-corrected chi connectivity index (χ2v) is 8.33. The first-order valence-corrected chi connectivity index (χ1v) is 11.1. The predicted octanol–water partition coefficient (Wildman–Crippen LogP) is 4.26. The first-order chi connectivity index (χ1) is 16.6. The van der Waals surface area contributed by atoms with E-state index < -0.39 is 0 Å². The predicted molar refractivity (Wildman–Crippen MR) is 123 cm³/mol. The molecule has 1 amide bonds. The smallest absolute Gasteiger partial charge is 0.290 e. The van der Waals surface area contributed by atoms with Crippen LogP contribution in [0.25, 0.3) is 11.3 Å². The van der Waals surface area contributed by atoms with E-state index in [2.05, 4.69) is 22.0 Å². The third-order valence-electron chi connectivity index (χ3n) is 5.97. The Morgan fingerprint density at radius 3 is 2.41 bits per heavy atom. The topological polar surface area (TPSA) is 79.1 Å². The Bertz CT molecular complexity index is 1210. The molecule has 0 radical (unpaired) electrons. The van der Waals surface area contributed by atoms with Crippen molar-refractivity contribution >= 4 is 11.8 Å². The van der Waals surface area contributed by atoms with Gasteiger partial charge in [-0.2, -0.15) is 0 Å². The molecule has 0 unspecified atom stereocenters. The third kappa shape index (κ3) is 4.60. The fourth-order valence-corrected chi connectivity index (χ4v) is 4.07. The van der Waals surface area contributed by atoms with Crippen LogP contribution in [0.1, 0.15) is 21.9 Å². The number of benzene rings is 1. The molecule has 9 heteroatoms. The molecule has 4 heterocycles. The molecule has 3 aromatic heterocycles. The zero-order chi connectivity index (χ0) is 23.5. The fraction of sp³-hybridized carbons (Fsp3) is 0.280. The highest BCUT2D eigenvalue weighted by Gasteiger charge is 2.29. The Hall–Kier alpha value is -3.85. The number of likely N-dealkylation sites (N-methyl/N-ethyl adjacent to an activating group) is 1. The van der Waals surface area contributed by atoms with Crippen molar-refractivity contribution in [1.29, 1.82) is 0 Å². The molecule has 1 saturated heterocycles. The van der Waals surface area contributed by atoms with Gasteiger partial charge in [-0.05, 0) is 55.6 Å². The molecule has 0 aliphatic carbocycles. The second-order valence-electron chi connectivity index (χ2n) is 8.33. The van der Waals surface area contributed by atoms with Crippen molar-refractivity contribution in [3.8, 4) is 11.3 Å². The summed E-state index contributed by atoms with van der Waals surface area (Å²) in [6.07, 6.45) is 3.04. The fourth-order valence-electron chi connectivity index (χ4n) is 4.07. The van der Waals surface area contributed by atoms with Gasteiger partial charge in [-0.25, -0.2) is 4.39 Å². The molecule has 0 atom stereocenters. The summed E-state index contributed by atoms with van der Waals surface area (Å²) in [5.74, 6) is 0.870. The summed E-state index contributed by atoms with van der Waals surface area (Å²) in [6.45, 7) is 3.75. The number of hydrogen-bond donors (Lipinski definition) is 0. The van der Waals surface area contributed by atoms with Crippen molar-refractivity contribution in [3.63, 3.8) is 0 Å². The van der Waals surface area contributed by atoms with Gasteiger partial charge in [0.2, 0.25) is 5.88 Å². The van der Waals surface area contributed by atoms with Crippen molar-refractivity contribution in [3.05, 3.63) is 84.0 Å². The van der Waals surface area contributed by atoms with Crippen molar-refractivity contribution < 1.29 is 22.5 Å². The lowest BCUT2D eigenvalue weighted by atomic mass is 10.1. The quantitative estimate of drug-likeness (QED) is 0.404. The molecule has 4 aromatic rings. The highest BCUT2D eigenvalue weighted by atomic mass is 19.1. The monoisotopic (exact) mass is 464 g/mol. The molecule has 176 valence electrons. The van der Waals surface area contributed by atoms with Gasteiger partial charge in [-0.1, -0.05) is 5.16 Å². The van der Waals surface area contributed by atoms with E-state index in [-0.39, 0.29) is 30.6 Å². The molecule has 1 fully saturated rings. The van der Waals surface area contributed by atoms with E-state index in [0.717, 1.165) is 31.7 Å². The first kappa shape index (κ1) is 22.0. The molecule has 1 aromatic carbocycles. The minimum Gasteiger partial charge on any atom is -0.467 e. The number of furan rings is 2. The summed E-state index contributed by atoms with van der Waals surface area (Å²) in [7, 11) is 2.08. The lowest BCUT2D eigenvalue weighted by Gasteiger charge is -2.32. The van der Waals surface area contributed by atoms with Gasteiger partial charge in [-0.3, -0.25) is 4.79 Å². The van der Waals surface area contributed by atoms with E-state index in [0.29, 0.717) is 22.9 Å². The molecule has 8 nitrogen and oxygen atoms in total. The summed E-state index contributed by atoms with van der Waals surface area (Å²) >= 11 is 0. The Balaban J connectivity index is 1.53. The SMILES string of the molecule is CN1CCN(c2onc(-c3ccc(F)cc3)c2CN(Cc2ccco2)C(=O)c2ccco2)CC1. The highest BCUT2D eigenvalue weighted by molar-refractivity contribution is 5.91. The van der Waals surface area contributed by atoms with Crippen LogP contribution in [-0.2, 0) is 13.1 Å². The van der Waals surface area contributed by atoms with E-state index in [1.165, 1.54) is 18.4 Å². The highest BCUT2D eigenvalue weighted by Crippen LogP contribution is 2.34. The number of carbonyl (C=O) groups excluding carboxylic acids is 1.